The monoisotopic (exact) mass is 221 g/mol. The molecule has 1 aromatic heterocycles. The lowest BCUT2D eigenvalue weighted by molar-refractivity contribution is -0.644. The minimum Gasteiger partial charge on any atom is -0.270 e. The highest BCUT2D eigenvalue weighted by Crippen LogP contribution is 2.25. The lowest BCUT2D eigenvalue weighted by Crippen LogP contribution is -2.31. The zero-order valence-electron chi connectivity index (χ0n) is 9.48. The van der Waals surface area contributed by atoms with Gasteiger partial charge in [0.1, 0.15) is 18.6 Å². The van der Waals surface area contributed by atoms with E-state index in [2.05, 4.69) is 58.4 Å². The second-order valence-corrected chi connectivity index (χ2v) is 4.52. The van der Waals surface area contributed by atoms with Gasteiger partial charge in [-0.05, 0) is 22.9 Å². The maximum absolute atomic E-state index is 3.40. The van der Waals surface area contributed by atoms with Crippen LogP contribution in [0.3, 0.4) is 0 Å². The van der Waals surface area contributed by atoms with E-state index >= 15 is 0 Å². The Morgan fingerprint density at radius 1 is 0.882 bits per heavy atom. The zero-order chi connectivity index (χ0) is 11.2. The van der Waals surface area contributed by atoms with Gasteiger partial charge in [-0.1, -0.05) is 30.3 Å². The van der Waals surface area contributed by atoms with E-state index in [1.165, 1.54) is 27.5 Å². The topological polar surface area (TPSA) is 15.9 Å². The highest BCUT2D eigenvalue weighted by molar-refractivity contribution is 6.05. The summed E-state index contributed by atoms with van der Waals surface area (Å²) in [6, 6.07) is 17.4. The molecule has 0 spiro atoms. The Bertz CT molecular complexity index is 731. The van der Waals surface area contributed by atoms with Crippen LogP contribution in [0.15, 0.2) is 48.5 Å². The van der Waals surface area contributed by atoms with Gasteiger partial charge >= 0.3 is 0 Å². The number of nitrogens with one attached hydrogen (secondary N) is 1. The Kier molecular flexibility index (Phi) is 1.69. The van der Waals surface area contributed by atoms with Crippen molar-refractivity contribution in [2.75, 3.05) is 11.9 Å². The predicted molar refractivity (Wildman–Crippen MR) is 70.1 cm³/mol. The van der Waals surface area contributed by atoms with Crippen molar-refractivity contribution in [1.29, 1.82) is 0 Å². The number of hydrogen-bond acceptors (Lipinski definition) is 1. The molecule has 0 aliphatic carbocycles. The second-order valence-electron chi connectivity index (χ2n) is 4.52. The number of benzene rings is 2. The summed E-state index contributed by atoms with van der Waals surface area (Å²) in [5, 5.41) is 7.40. The van der Waals surface area contributed by atoms with Gasteiger partial charge in [0.2, 0.25) is 0 Å². The molecule has 1 aliphatic rings. The first-order valence-corrected chi connectivity index (χ1v) is 6.02. The molecule has 2 aromatic carbocycles. The Hall–Kier alpha value is -2.09. The maximum atomic E-state index is 3.40. The molecule has 0 fully saturated rings. The highest BCUT2D eigenvalue weighted by atomic mass is 15.2. The molecule has 17 heavy (non-hydrogen) atoms. The average Bonchev–Trinajstić information content (AvgIpc) is 2.86. The predicted octanol–water partition coefficient (Wildman–Crippen LogP) is 2.71. The van der Waals surface area contributed by atoms with Crippen LogP contribution in [-0.2, 0) is 6.54 Å². The molecule has 0 saturated heterocycles. The fraction of sp³-hybridized carbons (Fsp3) is 0.133. The molecule has 2 heteroatoms. The number of pyridine rings is 1. The molecule has 0 atom stereocenters. The van der Waals surface area contributed by atoms with Crippen molar-refractivity contribution >= 4 is 27.5 Å². The molecular weight excluding hydrogens is 208 g/mol. The summed E-state index contributed by atoms with van der Waals surface area (Å²) in [6.07, 6.45) is 0. The van der Waals surface area contributed by atoms with E-state index in [0.29, 0.717) is 0 Å². The number of anilines is 1. The first kappa shape index (κ1) is 8.99. The van der Waals surface area contributed by atoms with E-state index in [4.69, 9.17) is 0 Å². The third kappa shape index (κ3) is 1.18. The molecule has 0 bridgehead atoms. The van der Waals surface area contributed by atoms with Crippen molar-refractivity contribution in [3.05, 3.63) is 48.5 Å². The Morgan fingerprint density at radius 3 is 2.82 bits per heavy atom. The van der Waals surface area contributed by atoms with E-state index in [-0.39, 0.29) is 0 Å². The standard InChI is InChI=1S/C15H12N2/c1-2-4-12-11(3-1)5-7-14-13(12)6-8-15-16-9-10-17(14)15/h1-8H,9-10H2/p+1. The first-order chi connectivity index (χ1) is 8.43. The van der Waals surface area contributed by atoms with Crippen LogP contribution in [0.5, 0.6) is 0 Å². The van der Waals surface area contributed by atoms with Gasteiger partial charge in [-0.25, -0.2) is 4.57 Å². The largest absolute Gasteiger partial charge is 0.275 e. The van der Waals surface area contributed by atoms with Crippen molar-refractivity contribution in [2.45, 2.75) is 6.54 Å². The molecule has 4 rings (SSSR count). The minimum absolute atomic E-state index is 1.03. The molecule has 3 aromatic rings. The van der Waals surface area contributed by atoms with Crippen LogP contribution >= 0.6 is 0 Å². The summed E-state index contributed by atoms with van der Waals surface area (Å²) in [5.41, 5.74) is 1.33. The van der Waals surface area contributed by atoms with Crippen LogP contribution in [0, 0.1) is 0 Å². The maximum Gasteiger partial charge on any atom is 0.275 e. The smallest absolute Gasteiger partial charge is 0.270 e. The van der Waals surface area contributed by atoms with Crippen molar-refractivity contribution in [1.82, 2.24) is 0 Å². The average molecular weight is 221 g/mol. The molecule has 0 unspecified atom stereocenters. The SMILES string of the molecule is c1ccc2c(c1)ccc1c2ccc2[n+]1CCN2. The fourth-order valence-corrected chi connectivity index (χ4v) is 2.77. The number of hydrogen-bond donors (Lipinski definition) is 1. The van der Waals surface area contributed by atoms with Gasteiger partial charge in [-0.2, -0.15) is 0 Å². The van der Waals surface area contributed by atoms with Crippen molar-refractivity contribution in [3.8, 4) is 0 Å². The van der Waals surface area contributed by atoms with Crippen LogP contribution in [0.25, 0.3) is 21.7 Å². The molecule has 82 valence electrons. The summed E-state index contributed by atoms with van der Waals surface area (Å²) >= 11 is 0. The fourth-order valence-electron chi connectivity index (χ4n) is 2.77. The van der Waals surface area contributed by atoms with E-state index < -0.39 is 0 Å². The van der Waals surface area contributed by atoms with Crippen molar-refractivity contribution in [2.24, 2.45) is 0 Å². The minimum atomic E-state index is 1.03. The number of nitrogens with zero attached hydrogens (tertiary/aromatic N) is 1. The summed E-state index contributed by atoms with van der Waals surface area (Å²) in [7, 11) is 0. The lowest BCUT2D eigenvalue weighted by atomic mass is 10.1. The van der Waals surface area contributed by atoms with Gasteiger partial charge in [0.15, 0.2) is 0 Å². The van der Waals surface area contributed by atoms with E-state index in [0.717, 1.165) is 13.1 Å². The number of rotatable bonds is 0. The molecular formula is C15H13N2+. The van der Waals surface area contributed by atoms with Crippen molar-refractivity contribution in [3.63, 3.8) is 0 Å². The first-order valence-electron chi connectivity index (χ1n) is 6.02. The molecule has 0 saturated carbocycles. The van der Waals surface area contributed by atoms with Crippen LogP contribution in [-0.4, -0.2) is 6.54 Å². The zero-order valence-corrected chi connectivity index (χ0v) is 9.48. The molecule has 1 N–H and O–H groups in total. The number of fused-ring (bicyclic) bond motifs is 5. The normalized spacial score (nSPS) is 13.9. The number of aromatic nitrogens is 1. The van der Waals surface area contributed by atoms with E-state index in [9.17, 15) is 0 Å². The highest BCUT2D eigenvalue weighted by Gasteiger charge is 2.19. The van der Waals surface area contributed by atoms with Gasteiger partial charge < -0.3 is 0 Å². The van der Waals surface area contributed by atoms with E-state index in [1.807, 2.05) is 0 Å². The molecule has 2 nitrogen and oxygen atoms in total. The van der Waals surface area contributed by atoms with Crippen LogP contribution in [0.2, 0.25) is 0 Å². The van der Waals surface area contributed by atoms with Gasteiger partial charge in [0.25, 0.3) is 5.82 Å². The Morgan fingerprint density at radius 2 is 1.82 bits per heavy atom. The third-order valence-corrected chi connectivity index (χ3v) is 3.58. The van der Waals surface area contributed by atoms with Crippen LogP contribution < -0.4 is 9.88 Å². The van der Waals surface area contributed by atoms with Gasteiger partial charge in [0, 0.05) is 11.5 Å². The summed E-state index contributed by atoms with van der Waals surface area (Å²) in [6.45, 7) is 2.09. The van der Waals surface area contributed by atoms with Gasteiger partial charge in [0.05, 0.1) is 0 Å². The second kappa shape index (κ2) is 3.20. The third-order valence-electron chi connectivity index (χ3n) is 3.58. The molecule has 0 radical (unpaired) electrons. The molecule has 1 aliphatic heterocycles. The van der Waals surface area contributed by atoms with Crippen LogP contribution in [0.4, 0.5) is 5.82 Å². The summed E-state index contributed by atoms with van der Waals surface area (Å²) < 4.78 is 2.36. The Labute approximate surface area is 99.5 Å². The molecule has 0 amide bonds. The van der Waals surface area contributed by atoms with Gasteiger partial charge in [-0.3, -0.25) is 5.32 Å². The van der Waals surface area contributed by atoms with Crippen molar-refractivity contribution < 1.29 is 4.57 Å². The van der Waals surface area contributed by atoms with E-state index in [1.54, 1.807) is 0 Å². The van der Waals surface area contributed by atoms with Gasteiger partial charge in [-0.15, -0.1) is 0 Å². The Balaban J connectivity index is 2.22. The van der Waals surface area contributed by atoms with Crippen LogP contribution in [0.1, 0.15) is 0 Å². The molecule has 2 heterocycles. The quantitative estimate of drug-likeness (QED) is 0.456. The summed E-state index contributed by atoms with van der Waals surface area (Å²) in [5.74, 6) is 1.23. The summed E-state index contributed by atoms with van der Waals surface area (Å²) in [4.78, 5) is 0. The lowest BCUT2D eigenvalue weighted by Gasteiger charge is -2.05.